The first-order valence-electron chi connectivity index (χ1n) is 10.2. The molecule has 1 aromatic heterocycles. The van der Waals surface area contributed by atoms with Crippen LogP contribution in [0.25, 0.3) is 0 Å². The summed E-state index contributed by atoms with van der Waals surface area (Å²) < 4.78 is 39.7. The number of anilines is 1. The number of nitrogens with zero attached hydrogens (tertiary/aromatic N) is 1. The SMILES string of the molecule is COc1ccc(S(=O)(=O)c2c(C)c(C)n(CC(C)C)c2NC(=O)C2CCCO2)cc1. The fourth-order valence-corrected chi connectivity index (χ4v) is 5.43. The lowest BCUT2D eigenvalue weighted by Gasteiger charge is -2.18. The smallest absolute Gasteiger partial charge is 0.254 e. The number of rotatable bonds is 7. The van der Waals surface area contributed by atoms with E-state index in [9.17, 15) is 13.2 Å². The summed E-state index contributed by atoms with van der Waals surface area (Å²) in [6.45, 7) is 8.90. The van der Waals surface area contributed by atoms with Crippen LogP contribution in [0.15, 0.2) is 34.1 Å². The summed E-state index contributed by atoms with van der Waals surface area (Å²) in [6.07, 6.45) is 0.902. The Kier molecular flexibility index (Phi) is 6.57. The fraction of sp³-hybridized carbons (Fsp3) is 0.500. The first-order valence-corrected chi connectivity index (χ1v) is 11.7. The Morgan fingerprint density at radius 1 is 1.27 bits per heavy atom. The normalized spacial score (nSPS) is 16.8. The highest BCUT2D eigenvalue weighted by atomic mass is 32.2. The van der Waals surface area contributed by atoms with Gasteiger partial charge in [-0.1, -0.05) is 13.8 Å². The molecule has 1 atom stereocenters. The number of sulfone groups is 1. The van der Waals surface area contributed by atoms with Crippen molar-refractivity contribution >= 4 is 21.6 Å². The average Bonchev–Trinajstić information content (AvgIpc) is 3.32. The Hall–Kier alpha value is -2.32. The fourth-order valence-electron chi connectivity index (χ4n) is 3.74. The first-order chi connectivity index (χ1) is 14.2. The highest BCUT2D eigenvalue weighted by molar-refractivity contribution is 7.91. The third-order valence-corrected chi connectivity index (χ3v) is 7.35. The number of nitrogens with one attached hydrogen (secondary N) is 1. The molecule has 0 saturated carbocycles. The van der Waals surface area contributed by atoms with Gasteiger partial charge in [-0.2, -0.15) is 0 Å². The molecule has 0 bridgehead atoms. The van der Waals surface area contributed by atoms with E-state index < -0.39 is 15.9 Å². The van der Waals surface area contributed by atoms with Gasteiger partial charge in [0, 0.05) is 18.8 Å². The minimum atomic E-state index is -3.86. The number of aromatic nitrogens is 1. The van der Waals surface area contributed by atoms with Gasteiger partial charge in [0.15, 0.2) is 0 Å². The van der Waals surface area contributed by atoms with Gasteiger partial charge >= 0.3 is 0 Å². The number of hydrogen-bond donors (Lipinski definition) is 1. The lowest BCUT2D eigenvalue weighted by molar-refractivity contribution is -0.124. The number of carbonyl (C=O) groups is 1. The minimum absolute atomic E-state index is 0.136. The Balaban J connectivity index is 2.12. The maximum absolute atomic E-state index is 13.6. The van der Waals surface area contributed by atoms with E-state index in [1.54, 1.807) is 19.1 Å². The predicted molar refractivity (Wildman–Crippen MR) is 115 cm³/mol. The van der Waals surface area contributed by atoms with Gasteiger partial charge in [-0.25, -0.2) is 8.42 Å². The molecule has 1 unspecified atom stereocenters. The zero-order valence-electron chi connectivity index (χ0n) is 18.2. The largest absolute Gasteiger partial charge is 0.497 e. The van der Waals surface area contributed by atoms with E-state index in [0.717, 1.165) is 12.1 Å². The van der Waals surface area contributed by atoms with E-state index in [1.807, 2.05) is 11.5 Å². The van der Waals surface area contributed by atoms with Gasteiger partial charge in [-0.05, 0) is 62.4 Å². The van der Waals surface area contributed by atoms with E-state index >= 15 is 0 Å². The lowest BCUT2D eigenvalue weighted by atomic mass is 10.2. The molecule has 1 aliphatic rings. The molecule has 30 heavy (non-hydrogen) atoms. The van der Waals surface area contributed by atoms with Crippen molar-refractivity contribution in [2.75, 3.05) is 19.0 Å². The van der Waals surface area contributed by atoms with E-state index in [4.69, 9.17) is 9.47 Å². The van der Waals surface area contributed by atoms with Gasteiger partial charge in [0.2, 0.25) is 9.84 Å². The van der Waals surface area contributed by atoms with Gasteiger partial charge in [-0.15, -0.1) is 0 Å². The van der Waals surface area contributed by atoms with Crippen molar-refractivity contribution in [3.8, 4) is 5.75 Å². The maximum Gasteiger partial charge on any atom is 0.254 e. The van der Waals surface area contributed by atoms with Crippen molar-refractivity contribution in [2.45, 2.75) is 63.0 Å². The van der Waals surface area contributed by atoms with Crippen LogP contribution < -0.4 is 10.1 Å². The Bertz CT molecular complexity index is 1020. The van der Waals surface area contributed by atoms with Crippen molar-refractivity contribution in [3.63, 3.8) is 0 Å². The summed E-state index contributed by atoms with van der Waals surface area (Å²) in [4.78, 5) is 13.1. The molecule has 1 N–H and O–H groups in total. The van der Waals surface area contributed by atoms with E-state index in [0.29, 0.717) is 36.7 Å². The second-order valence-electron chi connectivity index (χ2n) is 8.06. The number of carbonyl (C=O) groups excluding carboxylic acids is 1. The molecular weight excluding hydrogens is 404 g/mol. The van der Waals surface area contributed by atoms with Gasteiger partial charge < -0.3 is 19.4 Å². The molecule has 1 fully saturated rings. The Morgan fingerprint density at radius 3 is 2.47 bits per heavy atom. The summed E-state index contributed by atoms with van der Waals surface area (Å²) in [7, 11) is -2.33. The highest BCUT2D eigenvalue weighted by Gasteiger charge is 2.33. The van der Waals surface area contributed by atoms with Crippen molar-refractivity contribution in [1.29, 1.82) is 0 Å². The number of benzene rings is 1. The molecule has 0 aliphatic carbocycles. The molecule has 8 heteroatoms. The van der Waals surface area contributed by atoms with E-state index in [2.05, 4.69) is 19.2 Å². The molecule has 164 valence electrons. The molecule has 0 radical (unpaired) electrons. The van der Waals surface area contributed by atoms with Gasteiger partial charge in [0.25, 0.3) is 5.91 Å². The van der Waals surface area contributed by atoms with Crippen LogP contribution in [0.2, 0.25) is 0 Å². The topological polar surface area (TPSA) is 86.6 Å². The second-order valence-corrected chi connectivity index (χ2v) is 9.95. The molecule has 2 heterocycles. The zero-order valence-corrected chi connectivity index (χ0v) is 19.0. The second kappa shape index (κ2) is 8.81. The quantitative estimate of drug-likeness (QED) is 0.718. The standard InChI is InChI=1S/C22H30N2O5S/c1-14(2)13-24-16(4)15(3)20(21(24)23-22(25)19-7-6-12-29-19)30(26,27)18-10-8-17(28-5)9-11-18/h8-11,14,19H,6-7,12-13H2,1-5H3,(H,23,25). The van der Waals surface area contributed by atoms with E-state index in [-0.39, 0.29) is 21.6 Å². The van der Waals surface area contributed by atoms with Crippen LogP contribution in [0.1, 0.15) is 37.9 Å². The van der Waals surface area contributed by atoms with Crippen LogP contribution in [-0.4, -0.2) is 38.7 Å². The van der Waals surface area contributed by atoms with Crippen LogP contribution in [-0.2, 0) is 25.9 Å². The Labute approximate surface area is 178 Å². The van der Waals surface area contributed by atoms with Crippen LogP contribution in [0.4, 0.5) is 5.82 Å². The molecule has 1 aliphatic heterocycles. The molecule has 1 saturated heterocycles. The van der Waals surface area contributed by atoms with E-state index in [1.165, 1.54) is 19.2 Å². The molecular formula is C22H30N2O5S. The van der Waals surface area contributed by atoms with Crippen LogP contribution in [0.5, 0.6) is 5.75 Å². The zero-order chi connectivity index (χ0) is 22.1. The number of amides is 1. The third kappa shape index (κ3) is 4.25. The molecule has 7 nitrogen and oxygen atoms in total. The molecule has 0 spiro atoms. The summed E-state index contributed by atoms with van der Waals surface area (Å²) in [5, 5.41) is 2.88. The maximum atomic E-state index is 13.6. The van der Waals surface area contributed by atoms with Gasteiger partial charge in [0.05, 0.1) is 12.0 Å². The minimum Gasteiger partial charge on any atom is -0.497 e. The lowest BCUT2D eigenvalue weighted by Crippen LogP contribution is -2.29. The molecule has 3 rings (SSSR count). The summed E-state index contributed by atoms with van der Waals surface area (Å²) >= 11 is 0. The van der Waals surface area contributed by atoms with Crippen molar-refractivity contribution in [1.82, 2.24) is 4.57 Å². The number of hydrogen-bond acceptors (Lipinski definition) is 5. The van der Waals surface area contributed by atoms with Crippen molar-refractivity contribution in [2.24, 2.45) is 5.92 Å². The predicted octanol–water partition coefficient (Wildman–Crippen LogP) is 3.72. The van der Waals surface area contributed by atoms with Crippen LogP contribution in [0.3, 0.4) is 0 Å². The van der Waals surface area contributed by atoms with Crippen LogP contribution >= 0.6 is 0 Å². The van der Waals surface area contributed by atoms with Gasteiger partial charge in [0.1, 0.15) is 22.6 Å². The third-order valence-electron chi connectivity index (χ3n) is 5.42. The summed E-state index contributed by atoms with van der Waals surface area (Å²) in [5.41, 5.74) is 1.45. The van der Waals surface area contributed by atoms with Crippen molar-refractivity contribution < 1.29 is 22.7 Å². The molecule has 1 amide bonds. The van der Waals surface area contributed by atoms with Crippen LogP contribution in [0, 0.1) is 19.8 Å². The number of methoxy groups -OCH3 is 1. The molecule has 2 aromatic rings. The first kappa shape index (κ1) is 22.4. The van der Waals surface area contributed by atoms with Gasteiger partial charge in [-0.3, -0.25) is 4.79 Å². The highest BCUT2D eigenvalue weighted by Crippen LogP contribution is 2.36. The molecule has 1 aromatic carbocycles. The summed E-state index contributed by atoms with van der Waals surface area (Å²) in [5.74, 6) is 0.854. The Morgan fingerprint density at radius 2 is 1.93 bits per heavy atom. The monoisotopic (exact) mass is 434 g/mol. The number of ether oxygens (including phenoxy) is 2. The summed E-state index contributed by atoms with van der Waals surface area (Å²) in [6, 6.07) is 6.28. The van der Waals surface area contributed by atoms with Crippen molar-refractivity contribution in [3.05, 3.63) is 35.5 Å². The average molecular weight is 435 g/mol.